The maximum Gasteiger partial charge on any atom is 0.250 e. The quantitative estimate of drug-likeness (QED) is 0.675. The fourth-order valence-electron chi connectivity index (χ4n) is 2.04. The van der Waals surface area contributed by atoms with Gasteiger partial charge in [-0.1, -0.05) is 11.6 Å². The van der Waals surface area contributed by atoms with Crippen molar-refractivity contribution in [2.45, 2.75) is 42.8 Å². The standard InChI is InChI=1S/C11H13ClF3N3O2S/c1-21(19,20)10-17-8(12)7(13)9(18-10)16-6-2-4-11(14,15)5-3-6/h6H,2-5H2,1H3,(H,16,17,18). The molecule has 0 amide bonds. The second kappa shape index (κ2) is 5.60. The molecule has 1 saturated carbocycles. The predicted octanol–water partition coefficient (Wildman–Crippen LogP) is 2.66. The number of nitrogens with zero attached hydrogens (tertiary/aromatic N) is 2. The zero-order valence-electron chi connectivity index (χ0n) is 11.0. The Hall–Kier alpha value is -1.09. The SMILES string of the molecule is CS(=O)(=O)c1nc(Cl)c(F)c(NC2CCC(F)(F)CC2)n1. The van der Waals surface area contributed by atoms with Crippen molar-refractivity contribution in [2.75, 3.05) is 11.6 Å². The lowest BCUT2D eigenvalue weighted by molar-refractivity contribution is -0.0361. The number of alkyl halides is 2. The Labute approximate surface area is 124 Å². The smallest absolute Gasteiger partial charge is 0.250 e. The van der Waals surface area contributed by atoms with E-state index in [1.54, 1.807) is 0 Å². The van der Waals surface area contributed by atoms with Gasteiger partial charge in [-0.2, -0.15) is 9.37 Å². The molecular weight excluding hydrogens is 331 g/mol. The van der Waals surface area contributed by atoms with Crippen LogP contribution >= 0.6 is 11.6 Å². The maximum atomic E-state index is 13.8. The Morgan fingerprint density at radius 2 is 1.86 bits per heavy atom. The van der Waals surface area contributed by atoms with Crippen molar-refractivity contribution in [3.63, 3.8) is 0 Å². The molecule has 1 aliphatic rings. The summed E-state index contributed by atoms with van der Waals surface area (Å²) in [6.45, 7) is 0. The van der Waals surface area contributed by atoms with E-state index in [0.29, 0.717) is 0 Å². The molecule has 0 spiro atoms. The van der Waals surface area contributed by atoms with Crippen LogP contribution in [0.1, 0.15) is 25.7 Å². The van der Waals surface area contributed by atoms with Gasteiger partial charge in [0, 0.05) is 25.1 Å². The van der Waals surface area contributed by atoms with E-state index in [9.17, 15) is 21.6 Å². The Bertz CT molecular complexity index is 644. The lowest BCUT2D eigenvalue weighted by Crippen LogP contribution is -2.32. The van der Waals surface area contributed by atoms with E-state index >= 15 is 0 Å². The van der Waals surface area contributed by atoms with Crippen molar-refractivity contribution in [1.29, 1.82) is 0 Å². The molecule has 0 bridgehead atoms. The third-order valence-electron chi connectivity index (χ3n) is 3.18. The minimum absolute atomic E-state index is 0.127. The molecule has 0 aliphatic heterocycles. The molecule has 1 fully saturated rings. The first-order valence-corrected chi connectivity index (χ1v) is 8.43. The molecule has 2 rings (SSSR count). The van der Waals surface area contributed by atoms with Crippen LogP contribution in [-0.2, 0) is 9.84 Å². The average molecular weight is 344 g/mol. The van der Waals surface area contributed by atoms with Crippen LogP contribution in [0, 0.1) is 5.82 Å². The molecule has 1 N–H and O–H groups in total. The summed E-state index contributed by atoms with van der Waals surface area (Å²) in [4.78, 5) is 6.93. The van der Waals surface area contributed by atoms with Crippen LogP contribution in [0.4, 0.5) is 19.0 Å². The highest BCUT2D eigenvalue weighted by Gasteiger charge is 2.35. The summed E-state index contributed by atoms with van der Waals surface area (Å²) < 4.78 is 62.7. The molecule has 21 heavy (non-hydrogen) atoms. The van der Waals surface area contributed by atoms with Crippen molar-refractivity contribution >= 4 is 27.3 Å². The highest BCUT2D eigenvalue weighted by atomic mass is 35.5. The Morgan fingerprint density at radius 3 is 2.38 bits per heavy atom. The summed E-state index contributed by atoms with van der Waals surface area (Å²) in [7, 11) is -3.76. The van der Waals surface area contributed by atoms with Gasteiger partial charge in [0.25, 0.3) is 0 Å². The molecular formula is C11H13ClF3N3O2S. The molecule has 0 radical (unpaired) electrons. The van der Waals surface area contributed by atoms with Gasteiger partial charge in [-0.25, -0.2) is 22.2 Å². The van der Waals surface area contributed by atoms with E-state index in [0.717, 1.165) is 6.26 Å². The first kappa shape index (κ1) is 16.3. The van der Waals surface area contributed by atoms with Gasteiger partial charge in [-0.15, -0.1) is 0 Å². The molecule has 1 aromatic heterocycles. The van der Waals surface area contributed by atoms with Crippen molar-refractivity contribution in [2.24, 2.45) is 0 Å². The van der Waals surface area contributed by atoms with Crippen LogP contribution in [0.25, 0.3) is 0 Å². The van der Waals surface area contributed by atoms with Crippen LogP contribution in [0.5, 0.6) is 0 Å². The van der Waals surface area contributed by atoms with Gasteiger partial charge in [0.1, 0.15) is 0 Å². The molecule has 0 saturated heterocycles. The minimum Gasteiger partial charge on any atom is -0.365 e. The number of hydrogen-bond acceptors (Lipinski definition) is 5. The zero-order valence-corrected chi connectivity index (χ0v) is 12.6. The van der Waals surface area contributed by atoms with Gasteiger partial charge in [-0.05, 0) is 12.8 Å². The molecule has 0 atom stereocenters. The van der Waals surface area contributed by atoms with Crippen LogP contribution in [-0.4, -0.2) is 36.6 Å². The van der Waals surface area contributed by atoms with Crippen LogP contribution < -0.4 is 5.32 Å². The third kappa shape index (κ3) is 3.97. The summed E-state index contributed by atoms with van der Waals surface area (Å²) in [6, 6.07) is -0.419. The fraction of sp³-hybridized carbons (Fsp3) is 0.636. The van der Waals surface area contributed by atoms with Gasteiger partial charge in [-0.3, -0.25) is 0 Å². The number of hydrogen-bond donors (Lipinski definition) is 1. The van der Waals surface area contributed by atoms with Gasteiger partial charge in [0.2, 0.25) is 26.7 Å². The van der Waals surface area contributed by atoms with E-state index in [2.05, 4.69) is 15.3 Å². The Morgan fingerprint density at radius 1 is 1.29 bits per heavy atom. The number of rotatable bonds is 3. The first-order chi connectivity index (χ1) is 9.58. The van der Waals surface area contributed by atoms with Crippen LogP contribution in [0.2, 0.25) is 5.15 Å². The van der Waals surface area contributed by atoms with E-state index in [4.69, 9.17) is 11.6 Å². The first-order valence-electron chi connectivity index (χ1n) is 6.16. The second-order valence-electron chi connectivity index (χ2n) is 5.01. The van der Waals surface area contributed by atoms with Crippen LogP contribution in [0.3, 0.4) is 0 Å². The van der Waals surface area contributed by atoms with Crippen molar-refractivity contribution in [1.82, 2.24) is 9.97 Å². The second-order valence-corrected chi connectivity index (χ2v) is 7.27. The minimum atomic E-state index is -3.76. The number of anilines is 1. The number of sulfone groups is 1. The summed E-state index contributed by atoms with van der Waals surface area (Å²) in [5, 5.41) is 1.39. The van der Waals surface area contributed by atoms with Gasteiger partial charge in [0.05, 0.1) is 0 Å². The van der Waals surface area contributed by atoms with E-state index in [1.807, 2.05) is 0 Å². The summed E-state index contributed by atoms with van der Waals surface area (Å²) in [5.74, 6) is -4.09. The zero-order chi connectivity index (χ0) is 15.8. The summed E-state index contributed by atoms with van der Waals surface area (Å²) in [6.07, 6.45) is 0.486. The third-order valence-corrected chi connectivity index (χ3v) is 4.28. The topological polar surface area (TPSA) is 72.0 Å². The molecule has 1 heterocycles. The van der Waals surface area contributed by atoms with Crippen molar-refractivity contribution in [3.05, 3.63) is 11.0 Å². The number of halogens is 4. The number of aromatic nitrogens is 2. The average Bonchev–Trinajstić information content (AvgIpc) is 2.35. The molecule has 1 aliphatic carbocycles. The maximum absolute atomic E-state index is 13.8. The van der Waals surface area contributed by atoms with Crippen molar-refractivity contribution in [3.8, 4) is 0 Å². The van der Waals surface area contributed by atoms with Gasteiger partial charge < -0.3 is 5.32 Å². The lowest BCUT2D eigenvalue weighted by Gasteiger charge is -2.29. The lowest BCUT2D eigenvalue weighted by atomic mass is 9.92. The molecule has 118 valence electrons. The van der Waals surface area contributed by atoms with E-state index in [1.165, 1.54) is 0 Å². The summed E-state index contributed by atoms with van der Waals surface area (Å²) in [5.41, 5.74) is 0. The molecule has 0 aromatic carbocycles. The molecule has 1 aromatic rings. The van der Waals surface area contributed by atoms with Crippen LogP contribution in [0.15, 0.2) is 5.16 Å². The van der Waals surface area contributed by atoms with Crippen molar-refractivity contribution < 1.29 is 21.6 Å². The summed E-state index contributed by atoms with van der Waals surface area (Å²) >= 11 is 5.54. The molecule has 10 heteroatoms. The largest absolute Gasteiger partial charge is 0.365 e. The van der Waals surface area contributed by atoms with E-state index < -0.39 is 37.9 Å². The highest BCUT2D eigenvalue weighted by molar-refractivity contribution is 7.90. The molecule has 0 unspecified atom stereocenters. The Kier molecular flexibility index (Phi) is 4.34. The Balaban J connectivity index is 2.22. The normalized spacial score (nSPS) is 19.5. The predicted molar refractivity (Wildman–Crippen MR) is 70.9 cm³/mol. The highest BCUT2D eigenvalue weighted by Crippen LogP contribution is 2.34. The number of nitrogens with one attached hydrogen (secondary N) is 1. The monoisotopic (exact) mass is 343 g/mol. The molecule has 5 nitrogen and oxygen atoms in total. The van der Waals surface area contributed by atoms with Gasteiger partial charge >= 0.3 is 0 Å². The fourth-order valence-corrected chi connectivity index (χ4v) is 2.77. The van der Waals surface area contributed by atoms with E-state index in [-0.39, 0.29) is 31.5 Å². The van der Waals surface area contributed by atoms with Gasteiger partial charge in [0.15, 0.2) is 11.0 Å².